The van der Waals surface area contributed by atoms with Crippen molar-refractivity contribution in [2.75, 3.05) is 0 Å². The molecule has 1 aliphatic carbocycles. The van der Waals surface area contributed by atoms with Gasteiger partial charge in [-0.25, -0.2) is 0 Å². The Morgan fingerprint density at radius 1 is 1.44 bits per heavy atom. The van der Waals surface area contributed by atoms with Crippen molar-refractivity contribution in [2.24, 2.45) is 11.1 Å². The lowest BCUT2D eigenvalue weighted by Gasteiger charge is -2.27. The predicted octanol–water partition coefficient (Wildman–Crippen LogP) is 2.69. The zero-order valence-electron chi connectivity index (χ0n) is 9.37. The number of hydrogen-bond donors (Lipinski definition) is 1. The lowest BCUT2D eigenvalue weighted by molar-refractivity contribution is -0.125. The highest BCUT2D eigenvalue weighted by Gasteiger charge is 2.43. The third-order valence-corrected chi connectivity index (χ3v) is 4.15. The van der Waals surface area contributed by atoms with Crippen LogP contribution in [-0.2, 0) is 11.2 Å². The summed E-state index contributed by atoms with van der Waals surface area (Å²) in [7, 11) is 0. The maximum absolute atomic E-state index is 11.9. The van der Waals surface area contributed by atoms with Gasteiger partial charge < -0.3 is 5.73 Å². The molecule has 2 N–H and O–H groups in total. The Bertz CT molecular complexity index is 401. The topological polar surface area (TPSA) is 43.1 Å². The van der Waals surface area contributed by atoms with Crippen LogP contribution in [0, 0.1) is 5.41 Å². The summed E-state index contributed by atoms with van der Waals surface area (Å²) >= 11 is 3.40. The van der Waals surface area contributed by atoms with Crippen LogP contribution in [0.1, 0.15) is 25.3 Å². The molecule has 0 heterocycles. The number of benzene rings is 1. The number of Topliss-reactive ketones (excluding diaryl/α,β-unsaturated/α-hetero) is 1. The van der Waals surface area contributed by atoms with Crippen LogP contribution in [0.3, 0.4) is 0 Å². The highest BCUT2D eigenvalue weighted by Crippen LogP contribution is 2.36. The molecule has 0 aromatic heterocycles. The summed E-state index contributed by atoms with van der Waals surface area (Å²) in [4.78, 5) is 11.9. The van der Waals surface area contributed by atoms with E-state index in [1.165, 1.54) is 5.56 Å². The van der Waals surface area contributed by atoms with Crippen LogP contribution >= 0.6 is 15.9 Å². The second kappa shape index (κ2) is 4.30. The fraction of sp³-hybridized carbons (Fsp3) is 0.462. The highest BCUT2D eigenvalue weighted by molar-refractivity contribution is 9.10. The van der Waals surface area contributed by atoms with Gasteiger partial charge in [-0.05, 0) is 30.5 Å². The Morgan fingerprint density at radius 3 is 2.56 bits per heavy atom. The lowest BCUT2D eigenvalue weighted by atomic mass is 9.78. The first kappa shape index (κ1) is 11.8. The first-order valence-electron chi connectivity index (χ1n) is 5.56. The summed E-state index contributed by atoms with van der Waals surface area (Å²) in [5.74, 6) is 0.308. The van der Waals surface area contributed by atoms with Crippen LogP contribution in [0.4, 0.5) is 0 Å². The summed E-state index contributed by atoms with van der Waals surface area (Å²) in [6.07, 6.45) is 2.21. The zero-order valence-corrected chi connectivity index (χ0v) is 11.0. The molecule has 0 bridgehead atoms. The zero-order chi connectivity index (χ0) is 11.8. The summed E-state index contributed by atoms with van der Waals surface area (Å²) in [6.45, 7) is 2.00. The van der Waals surface area contributed by atoms with E-state index in [4.69, 9.17) is 5.73 Å². The molecule has 1 aromatic carbocycles. The molecular weight excluding hydrogens is 266 g/mol. The minimum absolute atomic E-state index is 0.00338. The van der Waals surface area contributed by atoms with Gasteiger partial charge >= 0.3 is 0 Å². The van der Waals surface area contributed by atoms with E-state index < -0.39 is 0 Å². The first-order chi connectivity index (χ1) is 7.52. The molecule has 0 spiro atoms. The molecule has 1 aliphatic rings. The monoisotopic (exact) mass is 281 g/mol. The molecule has 0 amide bonds. The number of carbonyl (C=O) groups excluding carboxylic acids is 1. The molecule has 0 unspecified atom stereocenters. The van der Waals surface area contributed by atoms with Crippen LogP contribution in [0.25, 0.3) is 0 Å². The molecule has 16 heavy (non-hydrogen) atoms. The van der Waals surface area contributed by atoms with Crippen molar-refractivity contribution in [1.82, 2.24) is 0 Å². The van der Waals surface area contributed by atoms with Crippen LogP contribution in [0.15, 0.2) is 28.7 Å². The van der Waals surface area contributed by atoms with E-state index in [-0.39, 0.29) is 11.5 Å². The van der Waals surface area contributed by atoms with Crippen molar-refractivity contribution in [3.8, 4) is 0 Å². The van der Waals surface area contributed by atoms with E-state index >= 15 is 0 Å². The Kier molecular flexibility index (Phi) is 3.17. The average Bonchev–Trinajstić information content (AvgIpc) is 2.50. The molecule has 2 rings (SSSR count). The molecule has 2 atom stereocenters. The molecule has 1 saturated carbocycles. The van der Waals surface area contributed by atoms with Crippen molar-refractivity contribution in [3.63, 3.8) is 0 Å². The SMILES string of the molecule is C[C@]1(Cc2ccc(Br)cc2)C(=O)CC[C@H]1N. The predicted molar refractivity (Wildman–Crippen MR) is 68.2 cm³/mol. The average molecular weight is 282 g/mol. The molecule has 86 valence electrons. The largest absolute Gasteiger partial charge is 0.327 e. The van der Waals surface area contributed by atoms with Gasteiger partial charge in [0.25, 0.3) is 0 Å². The molecular formula is C13H16BrNO. The normalized spacial score (nSPS) is 29.7. The Hall–Kier alpha value is -0.670. The van der Waals surface area contributed by atoms with Gasteiger partial charge in [-0.1, -0.05) is 35.0 Å². The third kappa shape index (κ3) is 2.06. The summed E-state index contributed by atoms with van der Waals surface area (Å²) in [5.41, 5.74) is 6.86. The standard InChI is InChI=1S/C13H16BrNO/c1-13(11(15)6-7-12(13)16)8-9-2-4-10(14)5-3-9/h2-5,11H,6-8,15H2,1H3/t11-,13-/m1/s1. The lowest BCUT2D eigenvalue weighted by Crippen LogP contribution is -2.40. The number of rotatable bonds is 2. The maximum atomic E-state index is 11.9. The summed E-state index contributed by atoms with van der Waals surface area (Å²) < 4.78 is 1.06. The van der Waals surface area contributed by atoms with Gasteiger partial charge in [0.05, 0.1) is 0 Å². The molecule has 0 aliphatic heterocycles. The van der Waals surface area contributed by atoms with Crippen LogP contribution < -0.4 is 5.73 Å². The van der Waals surface area contributed by atoms with E-state index in [0.29, 0.717) is 12.2 Å². The Balaban J connectivity index is 2.20. The number of halogens is 1. The quantitative estimate of drug-likeness (QED) is 0.906. The van der Waals surface area contributed by atoms with E-state index in [1.807, 2.05) is 31.2 Å². The number of nitrogens with two attached hydrogens (primary N) is 1. The second-order valence-corrected chi connectivity index (χ2v) is 5.70. The van der Waals surface area contributed by atoms with Crippen LogP contribution in [0.5, 0.6) is 0 Å². The molecule has 1 aromatic rings. The minimum Gasteiger partial charge on any atom is -0.327 e. The Morgan fingerprint density at radius 2 is 2.06 bits per heavy atom. The minimum atomic E-state index is -0.367. The van der Waals surface area contributed by atoms with E-state index in [1.54, 1.807) is 0 Å². The summed E-state index contributed by atoms with van der Waals surface area (Å²) in [6, 6.07) is 8.11. The smallest absolute Gasteiger partial charge is 0.140 e. The van der Waals surface area contributed by atoms with Gasteiger partial charge in [0, 0.05) is 22.4 Å². The fourth-order valence-electron chi connectivity index (χ4n) is 2.35. The van der Waals surface area contributed by atoms with E-state index in [2.05, 4.69) is 15.9 Å². The van der Waals surface area contributed by atoms with Gasteiger partial charge in [-0.3, -0.25) is 4.79 Å². The van der Waals surface area contributed by atoms with Crippen molar-refractivity contribution < 1.29 is 4.79 Å². The highest BCUT2D eigenvalue weighted by atomic mass is 79.9. The van der Waals surface area contributed by atoms with Crippen molar-refractivity contribution in [3.05, 3.63) is 34.3 Å². The van der Waals surface area contributed by atoms with Gasteiger partial charge in [-0.15, -0.1) is 0 Å². The van der Waals surface area contributed by atoms with Gasteiger partial charge in [0.1, 0.15) is 5.78 Å². The Labute approximate surface area is 104 Å². The van der Waals surface area contributed by atoms with E-state index in [9.17, 15) is 4.79 Å². The second-order valence-electron chi connectivity index (χ2n) is 4.79. The van der Waals surface area contributed by atoms with Crippen LogP contribution in [0.2, 0.25) is 0 Å². The van der Waals surface area contributed by atoms with Crippen LogP contribution in [-0.4, -0.2) is 11.8 Å². The molecule has 0 radical (unpaired) electrons. The summed E-state index contributed by atoms with van der Waals surface area (Å²) in [5, 5.41) is 0. The van der Waals surface area contributed by atoms with Gasteiger partial charge in [0.2, 0.25) is 0 Å². The fourth-order valence-corrected chi connectivity index (χ4v) is 2.62. The maximum Gasteiger partial charge on any atom is 0.140 e. The first-order valence-corrected chi connectivity index (χ1v) is 6.35. The van der Waals surface area contributed by atoms with Crippen molar-refractivity contribution in [1.29, 1.82) is 0 Å². The van der Waals surface area contributed by atoms with Crippen molar-refractivity contribution >= 4 is 21.7 Å². The van der Waals surface area contributed by atoms with Gasteiger partial charge in [0.15, 0.2) is 0 Å². The number of carbonyl (C=O) groups is 1. The van der Waals surface area contributed by atoms with Crippen molar-refractivity contribution in [2.45, 2.75) is 32.2 Å². The molecule has 2 nitrogen and oxygen atoms in total. The molecule has 3 heteroatoms. The third-order valence-electron chi connectivity index (χ3n) is 3.62. The van der Waals surface area contributed by atoms with Gasteiger partial charge in [-0.2, -0.15) is 0 Å². The molecule has 0 saturated heterocycles. The number of ketones is 1. The van der Waals surface area contributed by atoms with E-state index in [0.717, 1.165) is 17.3 Å². The molecule has 1 fully saturated rings. The number of hydrogen-bond acceptors (Lipinski definition) is 2.